The van der Waals surface area contributed by atoms with Crippen molar-refractivity contribution in [1.29, 1.82) is 0 Å². The lowest BCUT2D eigenvalue weighted by atomic mass is 10.0. The zero-order valence-corrected chi connectivity index (χ0v) is 22.2. The number of rotatable bonds is 7. The maximum absolute atomic E-state index is 7.23. The van der Waals surface area contributed by atoms with Crippen LogP contribution in [0.4, 0.5) is 0 Å². The summed E-state index contributed by atoms with van der Waals surface area (Å²) in [4.78, 5) is 5.05. The Morgan fingerprint density at radius 2 is 1.17 bits per heavy atom. The van der Waals surface area contributed by atoms with Crippen molar-refractivity contribution >= 4 is 24.6 Å². The van der Waals surface area contributed by atoms with Crippen molar-refractivity contribution in [2.45, 2.75) is 38.0 Å². The summed E-state index contributed by atoms with van der Waals surface area (Å²) in [5.74, 6) is 0.681. The third-order valence-electron chi connectivity index (χ3n) is 6.91. The SMILES string of the molecule is CC(C)(C)[Si](OC[C@@H]1OC(c2ccccc2)=N[C@H]1c1ccccc1)(c1ccccc1)c1ccccc1. The minimum atomic E-state index is -2.68. The van der Waals surface area contributed by atoms with Crippen LogP contribution in [0.5, 0.6) is 0 Å². The number of ether oxygens (including phenoxy) is 1. The molecule has 0 aromatic heterocycles. The molecule has 0 fully saturated rings. The minimum Gasteiger partial charge on any atom is -0.469 e. The fourth-order valence-corrected chi connectivity index (χ4v) is 9.77. The van der Waals surface area contributed by atoms with Gasteiger partial charge in [0.25, 0.3) is 8.32 Å². The van der Waals surface area contributed by atoms with Gasteiger partial charge in [0, 0.05) is 5.56 Å². The average molecular weight is 492 g/mol. The summed E-state index contributed by atoms with van der Waals surface area (Å²) in [7, 11) is -2.68. The van der Waals surface area contributed by atoms with Gasteiger partial charge >= 0.3 is 0 Å². The highest BCUT2D eigenvalue weighted by atomic mass is 28.4. The van der Waals surface area contributed by atoms with E-state index in [-0.39, 0.29) is 17.2 Å². The van der Waals surface area contributed by atoms with E-state index in [4.69, 9.17) is 14.2 Å². The number of hydrogen-bond donors (Lipinski definition) is 0. The molecule has 2 atom stereocenters. The van der Waals surface area contributed by atoms with Crippen molar-refractivity contribution in [3.05, 3.63) is 132 Å². The highest BCUT2D eigenvalue weighted by molar-refractivity contribution is 6.99. The molecule has 182 valence electrons. The number of aliphatic imine (C=N–C) groups is 1. The second-order valence-electron chi connectivity index (χ2n) is 10.3. The van der Waals surface area contributed by atoms with Gasteiger partial charge in [-0.15, -0.1) is 0 Å². The number of benzene rings is 4. The first-order valence-corrected chi connectivity index (χ1v) is 14.5. The molecule has 0 aliphatic carbocycles. The van der Waals surface area contributed by atoms with Crippen LogP contribution in [0.3, 0.4) is 0 Å². The van der Waals surface area contributed by atoms with Gasteiger partial charge in [-0.1, -0.05) is 130 Å². The summed E-state index contributed by atoms with van der Waals surface area (Å²) in [6.45, 7) is 7.35. The monoisotopic (exact) mass is 491 g/mol. The summed E-state index contributed by atoms with van der Waals surface area (Å²) >= 11 is 0. The quantitative estimate of drug-likeness (QED) is 0.290. The van der Waals surface area contributed by atoms with Crippen molar-refractivity contribution in [3.8, 4) is 0 Å². The van der Waals surface area contributed by atoms with Crippen molar-refractivity contribution in [1.82, 2.24) is 0 Å². The maximum atomic E-state index is 7.23. The standard InChI is InChI=1S/C32H33NO2Si/c1-32(2,3)36(27-20-12-6-13-21-27,28-22-14-7-15-23-28)34-24-29-30(25-16-8-4-9-17-25)33-31(35-29)26-18-10-5-11-19-26/h4-23,29-30H,24H2,1-3H3/t29-,30-/m0/s1. The lowest BCUT2D eigenvalue weighted by Gasteiger charge is -2.43. The average Bonchev–Trinajstić information content (AvgIpc) is 3.35. The third kappa shape index (κ3) is 4.67. The van der Waals surface area contributed by atoms with Gasteiger partial charge in [0.15, 0.2) is 0 Å². The summed E-state index contributed by atoms with van der Waals surface area (Å²) in [5.41, 5.74) is 2.13. The summed E-state index contributed by atoms with van der Waals surface area (Å²) in [6.07, 6.45) is -0.218. The van der Waals surface area contributed by atoms with Crippen molar-refractivity contribution in [3.63, 3.8) is 0 Å². The Balaban J connectivity index is 1.53. The van der Waals surface area contributed by atoms with E-state index in [1.54, 1.807) is 0 Å². The predicted molar refractivity (Wildman–Crippen MR) is 151 cm³/mol. The molecular weight excluding hydrogens is 458 g/mol. The van der Waals surface area contributed by atoms with Crippen LogP contribution >= 0.6 is 0 Å². The molecule has 4 aromatic rings. The van der Waals surface area contributed by atoms with Gasteiger partial charge in [-0.25, -0.2) is 4.99 Å². The van der Waals surface area contributed by atoms with Gasteiger partial charge in [0.05, 0.1) is 6.61 Å². The highest BCUT2D eigenvalue weighted by Gasteiger charge is 2.51. The van der Waals surface area contributed by atoms with Gasteiger partial charge < -0.3 is 9.16 Å². The fraction of sp³-hybridized carbons (Fsp3) is 0.219. The van der Waals surface area contributed by atoms with Crippen LogP contribution in [0.1, 0.15) is 37.9 Å². The Morgan fingerprint density at radius 1 is 0.694 bits per heavy atom. The van der Waals surface area contributed by atoms with E-state index in [1.807, 2.05) is 36.4 Å². The first kappa shape index (κ1) is 24.2. The molecule has 0 bridgehead atoms. The van der Waals surface area contributed by atoms with E-state index < -0.39 is 8.32 Å². The summed E-state index contributed by atoms with van der Waals surface area (Å²) < 4.78 is 13.8. The van der Waals surface area contributed by atoms with Gasteiger partial charge in [-0.05, 0) is 33.1 Å². The van der Waals surface area contributed by atoms with Gasteiger partial charge in [-0.2, -0.15) is 0 Å². The van der Waals surface area contributed by atoms with E-state index >= 15 is 0 Å². The van der Waals surface area contributed by atoms with E-state index in [9.17, 15) is 0 Å². The Hall–Kier alpha value is -3.47. The first-order chi connectivity index (χ1) is 17.5. The maximum Gasteiger partial charge on any atom is 0.261 e. The molecule has 4 heteroatoms. The Labute approximate surface area is 215 Å². The van der Waals surface area contributed by atoms with Crippen molar-refractivity contribution in [2.75, 3.05) is 6.61 Å². The largest absolute Gasteiger partial charge is 0.469 e. The molecule has 5 rings (SSSR count). The van der Waals surface area contributed by atoms with Crippen LogP contribution < -0.4 is 10.4 Å². The number of hydrogen-bond acceptors (Lipinski definition) is 3. The van der Waals surface area contributed by atoms with Crippen LogP contribution in [-0.4, -0.2) is 26.9 Å². The molecule has 1 heterocycles. The Kier molecular flexibility index (Phi) is 6.90. The molecule has 4 aromatic carbocycles. The van der Waals surface area contributed by atoms with Gasteiger partial charge in [-0.3, -0.25) is 0 Å². The predicted octanol–water partition coefficient (Wildman–Crippen LogP) is 6.15. The van der Waals surface area contributed by atoms with Gasteiger partial charge in [0.1, 0.15) is 12.1 Å². The molecule has 0 N–H and O–H groups in total. The normalized spacial score (nSPS) is 17.9. The molecule has 0 saturated carbocycles. The zero-order valence-electron chi connectivity index (χ0n) is 21.2. The Bertz CT molecular complexity index is 1250. The fourth-order valence-electron chi connectivity index (χ4n) is 5.20. The molecule has 3 nitrogen and oxygen atoms in total. The molecule has 0 radical (unpaired) electrons. The molecule has 1 aliphatic rings. The third-order valence-corrected chi connectivity index (χ3v) is 11.9. The van der Waals surface area contributed by atoms with Crippen LogP contribution in [0, 0.1) is 0 Å². The molecule has 0 spiro atoms. The van der Waals surface area contributed by atoms with Crippen LogP contribution in [-0.2, 0) is 9.16 Å². The second-order valence-corrected chi connectivity index (χ2v) is 14.6. The summed E-state index contributed by atoms with van der Waals surface area (Å²) in [6, 6.07) is 41.9. The molecule has 0 saturated heterocycles. The molecule has 0 unspecified atom stereocenters. The summed E-state index contributed by atoms with van der Waals surface area (Å²) in [5, 5.41) is 2.43. The van der Waals surface area contributed by atoms with E-state index in [1.165, 1.54) is 10.4 Å². The molecule has 0 amide bonds. The topological polar surface area (TPSA) is 30.8 Å². The number of nitrogens with zero attached hydrogens (tertiary/aromatic N) is 1. The zero-order chi connectivity index (χ0) is 25.0. The van der Waals surface area contributed by atoms with E-state index in [0.29, 0.717) is 12.5 Å². The lowest BCUT2D eigenvalue weighted by Crippen LogP contribution is -2.67. The highest BCUT2D eigenvalue weighted by Crippen LogP contribution is 2.38. The van der Waals surface area contributed by atoms with Crippen LogP contribution in [0.2, 0.25) is 5.04 Å². The second kappa shape index (κ2) is 10.3. The minimum absolute atomic E-state index is 0.0975. The van der Waals surface area contributed by atoms with Crippen LogP contribution in [0.15, 0.2) is 126 Å². The molecule has 36 heavy (non-hydrogen) atoms. The van der Waals surface area contributed by atoms with Crippen molar-refractivity contribution in [2.24, 2.45) is 4.99 Å². The van der Waals surface area contributed by atoms with Gasteiger partial charge in [0.2, 0.25) is 5.90 Å². The molecular formula is C32H33NO2Si. The smallest absolute Gasteiger partial charge is 0.261 e. The van der Waals surface area contributed by atoms with Crippen molar-refractivity contribution < 1.29 is 9.16 Å². The molecule has 1 aliphatic heterocycles. The Morgan fingerprint density at radius 3 is 1.67 bits per heavy atom. The van der Waals surface area contributed by atoms with E-state index in [0.717, 1.165) is 11.1 Å². The lowest BCUT2D eigenvalue weighted by molar-refractivity contribution is 0.114. The first-order valence-electron chi connectivity index (χ1n) is 12.6. The van der Waals surface area contributed by atoms with Crippen LogP contribution in [0.25, 0.3) is 0 Å². The van der Waals surface area contributed by atoms with E-state index in [2.05, 4.69) is 106 Å².